The predicted octanol–water partition coefficient (Wildman–Crippen LogP) is 1.88. The molecule has 0 bridgehead atoms. The molecule has 0 aromatic carbocycles. The van der Waals surface area contributed by atoms with Crippen LogP contribution in [0, 0.1) is 5.92 Å². The molecule has 2 nitrogen and oxygen atoms in total. The number of hydrogen-bond donors (Lipinski definition) is 0. The van der Waals surface area contributed by atoms with Crippen LogP contribution in [0.3, 0.4) is 0 Å². The number of carbonyl (C=O) groups is 1. The first-order valence-electron chi connectivity index (χ1n) is 3.23. The van der Waals surface area contributed by atoms with Crippen molar-refractivity contribution in [3.8, 4) is 0 Å². The first-order chi connectivity index (χ1) is 4.68. The highest BCUT2D eigenvalue weighted by atomic mass is 127. The quantitative estimate of drug-likeness (QED) is 0.331. The second kappa shape index (κ2) is 12.9. The second-order valence-electron chi connectivity index (χ2n) is 1.91. The Morgan fingerprint density at radius 3 is 1.91 bits per heavy atom. The Balaban J connectivity index is -0.000000196. The van der Waals surface area contributed by atoms with Gasteiger partial charge in [0, 0.05) is 8.41 Å². The number of carbonyl (C=O) groups excluding carboxylic acids is 1. The standard InChI is InChI=1S/C6H12O2.CH3I.B/c1-4-8-6(7)5(2)3;1-2;/h5H,4H2,1-3H3;1H3;. The van der Waals surface area contributed by atoms with Crippen molar-refractivity contribution in [1.82, 2.24) is 0 Å². The molecule has 11 heavy (non-hydrogen) atoms. The first-order valence-corrected chi connectivity index (χ1v) is 5.38. The summed E-state index contributed by atoms with van der Waals surface area (Å²) < 4.78 is 4.66. The van der Waals surface area contributed by atoms with Crippen LogP contribution >= 0.6 is 22.6 Å². The molecule has 0 saturated carbocycles. The van der Waals surface area contributed by atoms with E-state index in [0.29, 0.717) is 6.61 Å². The van der Waals surface area contributed by atoms with Crippen molar-refractivity contribution in [3.63, 3.8) is 0 Å². The van der Waals surface area contributed by atoms with Crippen molar-refractivity contribution in [2.45, 2.75) is 20.8 Å². The summed E-state index contributed by atoms with van der Waals surface area (Å²) in [6.07, 6.45) is 0. The summed E-state index contributed by atoms with van der Waals surface area (Å²) in [6.45, 7) is 5.92. The highest BCUT2D eigenvalue weighted by Crippen LogP contribution is 1.93. The van der Waals surface area contributed by atoms with Crippen molar-refractivity contribution in [2.24, 2.45) is 5.92 Å². The fourth-order valence-corrected chi connectivity index (χ4v) is 0.309. The molecule has 0 fully saturated rings. The van der Waals surface area contributed by atoms with E-state index in [9.17, 15) is 4.79 Å². The summed E-state index contributed by atoms with van der Waals surface area (Å²) in [4.78, 5) is 12.5. The molecule has 0 aliphatic carbocycles. The van der Waals surface area contributed by atoms with Gasteiger partial charge >= 0.3 is 5.97 Å². The van der Waals surface area contributed by atoms with Crippen LogP contribution in [0.4, 0.5) is 0 Å². The zero-order chi connectivity index (χ0) is 8.57. The zero-order valence-corrected chi connectivity index (χ0v) is 9.71. The summed E-state index contributed by atoms with van der Waals surface area (Å²) >= 11 is 2.15. The maximum Gasteiger partial charge on any atom is 0.308 e. The SMILES string of the molecule is CCOC(=O)C(C)C.CI.[B]. The van der Waals surface area contributed by atoms with Gasteiger partial charge in [0.05, 0.1) is 12.5 Å². The number of ether oxygens (including phenoxy) is 1. The number of esters is 1. The second-order valence-corrected chi connectivity index (χ2v) is 1.91. The van der Waals surface area contributed by atoms with Crippen LogP contribution in [0.1, 0.15) is 20.8 Å². The van der Waals surface area contributed by atoms with E-state index >= 15 is 0 Å². The maximum atomic E-state index is 10.5. The molecule has 0 amide bonds. The highest BCUT2D eigenvalue weighted by Gasteiger charge is 2.04. The lowest BCUT2D eigenvalue weighted by atomic mass is 10.2. The molecule has 3 radical (unpaired) electrons. The smallest absolute Gasteiger partial charge is 0.308 e. The van der Waals surface area contributed by atoms with E-state index in [1.807, 2.05) is 18.8 Å². The average Bonchev–Trinajstić information content (AvgIpc) is 1.93. The van der Waals surface area contributed by atoms with Crippen LogP contribution in [0.5, 0.6) is 0 Å². The number of rotatable bonds is 2. The average molecular weight is 269 g/mol. The van der Waals surface area contributed by atoms with Crippen LogP contribution in [0.2, 0.25) is 0 Å². The molecule has 4 heteroatoms. The molecule has 0 N–H and O–H groups in total. The van der Waals surface area contributed by atoms with E-state index < -0.39 is 0 Å². The summed E-state index contributed by atoms with van der Waals surface area (Å²) in [5.74, 6) is -0.109. The van der Waals surface area contributed by atoms with Crippen LogP contribution in [-0.2, 0) is 9.53 Å². The fourth-order valence-electron chi connectivity index (χ4n) is 0.309. The van der Waals surface area contributed by atoms with E-state index in [0.717, 1.165) is 0 Å². The van der Waals surface area contributed by atoms with Crippen molar-refractivity contribution >= 4 is 37.0 Å². The molecule has 0 saturated heterocycles. The third kappa shape index (κ3) is 13.3. The molecular weight excluding hydrogens is 254 g/mol. The third-order valence-corrected chi connectivity index (χ3v) is 0.758. The van der Waals surface area contributed by atoms with Gasteiger partial charge in [-0.05, 0) is 11.9 Å². The first kappa shape index (κ1) is 17.4. The Bertz CT molecular complexity index is 86.5. The Morgan fingerprint density at radius 2 is 1.82 bits per heavy atom. The van der Waals surface area contributed by atoms with Gasteiger partial charge in [0.1, 0.15) is 0 Å². The molecule has 0 heterocycles. The lowest BCUT2D eigenvalue weighted by Gasteiger charge is -2.01. The van der Waals surface area contributed by atoms with E-state index in [1.165, 1.54) is 0 Å². The largest absolute Gasteiger partial charge is 0.466 e. The van der Waals surface area contributed by atoms with E-state index in [1.54, 1.807) is 6.92 Å². The summed E-state index contributed by atoms with van der Waals surface area (Å²) in [5.41, 5.74) is 0. The van der Waals surface area contributed by atoms with Gasteiger partial charge in [-0.15, -0.1) is 0 Å². The Hall–Kier alpha value is 0.265. The predicted molar refractivity (Wildman–Crippen MR) is 57.2 cm³/mol. The van der Waals surface area contributed by atoms with E-state index in [-0.39, 0.29) is 20.3 Å². The zero-order valence-electron chi connectivity index (χ0n) is 7.56. The molecule has 0 atom stereocenters. The molecule has 0 unspecified atom stereocenters. The van der Waals surface area contributed by atoms with Crippen LogP contribution in [0.15, 0.2) is 0 Å². The van der Waals surface area contributed by atoms with Crippen molar-refractivity contribution in [1.29, 1.82) is 0 Å². The van der Waals surface area contributed by atoms with Gasteiger partial charge in [0.2, 0.25) is 0 Å². The Kier molecular flexibility index (Phi) is 20.4. The highest BCUT2D eigenvalue weighted by molar-refractivity contribution is 14.1. The van der Waals surface area contributed by atoms with Gasteiger partial charge in [-0.25, -0.2) is 0 Å². The lowest BCUT2D eigenvalue weighted by Crippen LogP contribution is -2.10. The maximum absolute atomic E-state index is 10.5. The van der Waals surface area contributed by atoms with Crippen molar-refractivity contribution < 1.29 is 9.53 Å². The molecule has 0 aliphatic rings. The van der Waals surface area contributed by atoms with Crippen LogP contribution in [-0.4, -0.2) is 25.9 Å². The van der Waals surface area contributed by atoms with Crippen LogP contribution in [0.25, 0.3) is 0 Å². The fraction of sp³-hybridized carbons (Fsp3) is 0.857. The molecule has 0 aromatic heterocycles. The van der Waals surface area contributed by atoms with Gasteiger partial charge in [0.15, 0.2) is 0 Å². The molecule has 0 aromatic rings. The van der Waals surface area contributed by atoms with Crippen LogP contribution < -0.4 is 0 Å². The molecule has 0 aliphatic heterocycles. The third-order valence-electron chi connectivity index (χ3n) is 0.758. The van der Waals surface area contributed by atoms with Gasteiger partial charge < -0.3 is 4.74 Å². The topological polar surface area (TPSA) is 26.3 Å². The minimum atomic E-state index is -0.118. The van der Waals surface area contributed by atoms with Crippen molar-refractivity contribution in [3.05, 3.63) is 0 Å². The van der Waals surface area contributed by atoms with Gasteiger partial charge in [-0.3, -0.25) is 4.79 Å². The molecular formula is C7H15BIO2. The van der Waals surface area contributed by atoms with Gasteiger partial charge in [-0.1, -0.05) is 36.4 Å². The summed E-state index contributed by atoms with van der Waals surface area (Å²) in [5, 5.41) is 0. The summed E-state index contributed by atoms with van der Waals surface area (Å²) in [7, 11) is 0. The Morgan fingerprint density at radius 1 is 1.45 bits per heavy atom. The van der Waals surface area contributed by atoms with Gasteiger partial charge in [-0.2, -0.15) is 0 Å². The summed E-state index contributed by atoms with van der Waals surface area (Å²) in [6, 6.07) is 0. The normalized spacial score (nSPS) is 7.45. The molecule has 0 spiro atoms. The lowest BCUT2D eigenvalue weighted by molar-refractivity contribution is -0.146. The van der Waals surface area contributed by atoms with E-state index in [4.69, 9.17) is 0 Å². The molecule has 65 valence electrons. The Labute approximate surface area is 84.8 Å². The van der Waals surface area contributed by atoms with Crippen molar-refractivity contribution in [2.75, 3.05) is 11.5 Å². The van der Waals surface area contributed by atoms with Gasteiger partial charge in [0.25, 0.3) is 0 Å². The van der Waals surface area contributed by atoms with E-state index in [2.05, 4.69) is 27.3 Å². The minimum absolute atomic E-state index is 0. The number of halogens is 1. The number of hydrogen-bond acceptors (Lipinski definition) is 2. The molecule has 0 rings (SSSR count). The minimum Gasteiger partial charge on any atom is -0.466 e. The number of alkyl halides is 1. The monoisotopic (exact) mass is 269 g/mol.